The summed E-state index contributed by atoms with van der Waals surface area (Å²) in [7, 11) is 0. The molecule has 2 heteroatoms. The predicted octanol–water partition coefficient (Wildman–Crippen LogP) is 4.71. The van der Waals surface area contributed by atoms with E-state index in [-0.39, 0.29) is 0 Å². The second kappa shape index (κ2) is 11.8. The lowest BCUT2D eigenvalue weighted by Crippen LogP contribution is -2.17. The minimum absolute atomic E-state index is 0.365. The largest absolute Gasteiger partial charge is 0.374 e. The maximum atomic E-state index is 6.03. The number of ether oxygens (including phenoxy) is 1. The first-order valence-electron chi connectivity index (χ1n) is 8.67. The summed E-state index contributed by atoms with van der Waals surface area (Å²) in [5.74, 6) is 0. The van der Waals surface area contributed by atoms with Crippen LogP contribution in [0.2, 0.25) is 0 Å². The minimum atomic E-state index is 0.365. The zero-order valence-corrected chi connectivity index (χ0v) is 14.2. The quantitative estimate of drug-likeness (QED) is 0.563. The van der Waals surface area contributed by atoms with Crippen molar-refractivity contribution >= 4 is 0 Å². The highest BCUT2D eigenvalue weighted by Gasteiger charge is 2.06. The van der Waals surface area contributed by atoms with Crippen LogP contribution in [0.4, 0.5) is 0 Å². The van der Waals surface area contributed by atoms with Crippen LogP contribution in [-0.2, 0) is 17.8 Å². The lowest BCUT2D eigenvalue weighted by atomic mass is 10.0. The van der Waals surface area contributed by atoms with Crippen molar-refractivity contribution in [2.45, 2.75) is 72.0 Å². The fourth-order valence-corrected chi connectivity index (χ4v) is 2.52. The Balaban J connectivity index is 2.33. The average Bonchev–Trinajstić information content (AvgIpc) is 2.51. The first-order chi connectivity index (χ1) is 10.3. The zero-order valence-electron chi connectivity index (χ0n) is 14.2. The molecule has 0 aliphatic carbocycles. The van der Waals surface area contributed by atoms with Gasteiger partial charge in [0.1, 0.15) is 0 Å². The van der Waals surface area contributed by atoms with Crippen molar-refractivity contribution < 1.29 is 4.74 Å². The lowest BCUT2D eigenvalue weighted by molar-refractivity contribution is 0.0455. The molecule has 0 amide bonds. The van der Waals surface area contributed by atoms with Crippen LogP contribution in [0.15, 0.2) is 24.3 Å². The van der Waals surface area contributed by atoms with E-state index in [4.69, 9.17) is 4.74 Å². The van der Waals surface area contributed by atoms with Crippen molar-refractivity contribution in [3.8, 4) is 0 Å². The predicted molar refractivity (Wildman–Crippen MR) is 91.7 cm³/mol. The molecule has 21 heavy (non-hydrogen) atoms. The monoisotopic (exact) mass is 291 g/mol. The van der Waals surface area contributed by atoms with Gasteiger partial charge in [-0.15, -0.1) is 0 Å². The fourth-order valence-electron chi connectivity index (χ4n) is 2.52. The van der Waals surface area contributed by atoms with Gasteiger partial charge in [0.25, 0.3) is 0 Å². The van der Waals surface area contributed by atoms with Gasteiger partial charge in [-0.05, 0) is 44.0 Å². The van der Waals surface area contributed by atoms with Gasteiger partial charge in [0.15, 0.2) is 0 Å². The van der Waals surface area contributed by atoms with E-state index in [0.29, 0.717) is 6.10 Å². The van der Waals surface area contributed by atoms with Gasteiger partial charge in [-0.3, -0.25) is 0 Å². The third kappa shape index (κ3) is 8.23. The van der Waals surface area contributed by atoms with Gasteiger partial charge in [-0.2, -0.15) is 0 Å². The highest BCUT2D eigenvalue weighted by atomic mass is 16.5. The molecular formula is C19H33NO. The number of benzene rings is 1. The molecule has 2 nitrogen and oxygen atoms in total. The Morgan fingerprint density at radius 2 is 1.81 bits per heavy atom. The molecule has 1 N–H and O–H groups in total. The highest BCUT2D eigenvalue weighted by Crippen LogP contribution is 2.14. The molecule has 0 saturated heterocycles. The maximum absolute atomic E-state index is 6.03. The van der Waals surface area contributed by atoms with Crippen LogP contribution < -0.4 is 5.32 Å². The molecule has 0 heterocycles. The van der Waals surface area contributed by atoms with Crippen molar-refractivity contribution in [3.05, 3.63) is 35.4 Å². The molecule has 1 unspecified atom stereocenters. The molecule has 0 bridgehead atoms. The van der Waals surface area contributed by atoms with Crippen molar-refractivity contribution in [2.75, 3.05) is 13.1 Å². The second-order valence-corrected chi connectivity index (χ2v) is 5.84. The number of rotatable bonds is 12. The van der Waals surface area contributed by atoms with E-state index in [1.54, 1.807) is 0 Å². The van der Waals surface area contributed by atoms with Gasteiger partial charge in [-0.25, -0.2) is 0 Å². The lowest BCUT2D eigenvalue weighted by Gasteiger charge is -2.15. The van der Waals surface area contributed by atoms with E-state index in [9.17, 15) is 0 Å². The molecular weight excluding hydrogens is 258 g/mol. The van der Waals surface area contributed by atoms with Gasteiger partial charge in [0, 0.05) is 0 Å². The van der Waals surface area contributed by atoms with Crippen molar-refractivity contribution in [1.29, 1.82) is 0 Å². The summed E-state index contributed by atoms with van der Waals surface area (Å²) >= 11 is 0. The molecule has 1 aromatic carbocycles. The number of hydrogen-bond acceptors (Lipinski definition) is 2. The molecule has 0 aliphatic heterocycles. The van der Waals surface area contributed by atoms with Crippen LogP contribution in [0.3, 0.4) is 0 Å². The summed E-state index contributed by atoms with van der Waals surface area (Å²) in [6.07, 6.45) is 7.90. The van der Waals surface area contributed by atoms with Gasteiger partial charge in [0.05, 0.1) is 12.7 Å². The number of hydrogen-bond donors (Lipinski definition) is 1. The maximum Gasteiger partial charge on any atom is 0.0723 e. The first kappa shape index (κ1) is 18.2. The Labute approximate surface area is 131 Å². The third-order valence-corrected chi connectivity index (χ3v) is 3.93. The molecule has 0 aliphatic rings. The number of nitrogens with one attached hydrogen (secondary N) is 1. The molecule has 0 spiro atoms. The Hall–Kier alpha value is -0.860. The summed E-state index contributed by atoms with van der Waals surface area (Å²) in [6, 6.07) is 8.66. The van der Waals surface area contributed by atoms with Crippen LogP contribution in [0.5, 0.6) is 0 Å². The Morgan fingerprint density at radius 3 is 2.52 bits per heavy atom. The normalized spacial score (nSPS) is 12.5. The van der Waals surface area contributed by atoms with E-state index in [2.05, 4.69) is 50.4 Å². The molecule has 0 radical (unpaired) electrons. The van der Waals surface area contributed by atoms with Crippen LogP contribution >= 0.6 is 0 Å². The van der Waals surface area contributed by atoms with Crippen LogP contribution in [0.25, 0.3) is 0 Å². The first-order valence-corrected chi connectivity index (χ1v) is 8.67. The topological polar surface area (TPSA) is 21.3 Å². The van der Waals surface area contributed by atoms with Crippen molar-refractivity contribution in [3.63, 3.8) is 0 Å². The van der Waals surface area contributed by atoms with Crippen LogP contribution in [0, 0.1) is 0 Å². The summed E-state index contributed by atoms with van der Waals surface area (Å²) in [5, 5.41) is 3.39. The summed E-state index contributed by atoms with van der Waals surface area (Å²) in [6.45, 7) is 9.43. The van der Waals surface area contributed by atoms with E-state index in [1.807, 2.05) is 0 Å². The summed E-state index contributed by atoms with van der Waals surface area (Å²) in [5.41, 5.74) is 2.76. The Bertz CT molecular complexity index is 364. The summed E-state index contributed by atoms with van der Waals surface area (Å²) in [4.78, 5) is 0. The fraction of sp³-hybridized carbons (Fsp3) is 0.684. The van der Waals surface area contributed by atoms with Gasteiger partial charge in [-0.1, -0.05) is 63.8 Å². The van der Waals surface area contributed by atoms with E-state index >= 15 is 0 Å². The zero-order chi connectivity index (χ0) is 15.3. The smallest absolute Gasteiger partial charge is 0.0723 e. The van der Waals surface area contributed by atoms with Gasteiger partial charge >= 0.3 is 0 Å². The standard InChI is InChI=1S/C19H33NO/c1-4-6-7-8-11-17(3)21-16-19-13-10-9-12-18(19)14-15-20-5-2/h9-10,12-13,17,20H,4-8,11,14-16H2,1-3H3. The third-order valence-electron chi connectivity index (χ3n) is 3.93. The van der Waals surface area contributed by atoms with E-state index in [1.165, 1.54) is 43.2 Å². The Morgan fingerprint density at radius 1 is 1.05 bits per heavy atom. The molecule has 0 saturated carbocycles. The molecule has 0 fully saturated rings. The minimum Gasteiger partial charge on any atom is -0.374 e. The molecule has 0 aromatic heterocycles. The van der Waals surface area contributed by atoms with Crippen molar-refractivity contribution in [1.82, 2.24) is 5.32 Å². The average molecular weight is 291 g/mol. The molecule has 1 aromatic rings. The van der Waals surface area contributed by atoms with Gasteiger partial charge < -0.3 is 10.1 Å². The van der Waals surface area contributed by atoms with Gasteiger partial charge in [0.2, 0.25) is 0 Å². The molecule has 1 rings (SSSR count). The summed E-state index contributed by atoms with van der Waals surface area (Å²) < 4.78 is 6.03. The second-order valence-electron chi connectivity index (χ2n) is 5.84. The highest BCUT2D eigenvalue weighted by molar-refractivity contribution is 5.26. The molecule has 1 atom stereocenters. The SMILES string of the molecule is CCCCCCC(C)OCc1ccccc1CCNCC. The van der Waals surface area contributed by atoms with E-state index < -0.39 is 0 Å². The van der Waals surface area contributed by atoms with Crippen LogP contribution in [0.1, 0.15) is 64.0 Å². The number of unbranched alkanes of at least 4 members (excludes halogenated alkanes) is 3. The van der Waals surface area contributed by atoms with Crippen LogP contribution in [-0.4, -0.2) is 19.2 Å². The molecule has 120 valence electrons. The Kier molecular flexibility index (Phi) is 10.2. The van der Waals surface area contributed by atoms with E-state index in [0.717, 1.165) is 26.1 Å². The number of likely N-dealkylation sites (N-methyl/N-ethyl adjacent to an activating group) is 1. The van der Waals surface area contributed by atoms with Crippen molar-refractivity contribution in [2.24, 2.45) is 0 Å².